The summed E-state index contributed by atoms with van der Waals surface area (Å²) in [7, 11) is 8.18. The third-order valence-electron chi connectivity index (χ3n) is 19.5. The van der Waals surface area contributed by atoms with Crippen molar-refractivity contribution >= 4 is 41.5 Å². The molecule has 0 saturated carbocycles. The molecule has 1 aliphatic carbocycles. The second kappa shape index (κ2) is 30.7. The molecule has 0 spiro atoms. The van der Waals surface area contributed by atoms with Gasteiger partial charge in [-0.25, -0.2) is 10.9 Å². The summed E-state index contributed by atoms with van der Waals surface area (Å²) in [4.78, 5) is 40.6. The summed E-state index contributed by atoms with van der Waals surface area (Å²) in [5.41, 5.74) is 22.1. The number of nitrogen functional groups attached to an aromatic ring is 1. The van der Waals surface area contributed by atoms with Crippen molar-refractivity contribution in [1.82, 2.24) is 82.4 Å². The second-order valence-corrected chi connectivity index (χ2v) is 25.6. The monoisotopic (exact) mass is 1320 g/mol. The molecule has 5 aliphatic heterocycles. The summed E-state index contributed by atoms with van der Waals surface area (Å²) in [6.07, 6.45) is 8.81. The van der Waals surface area contributed by atoms with E-state index in [2.05, 4.69) is 185 Å². The number of halogens is 1. The number of aryl methyl sites for hydroxylation is 6. The van der Waals surface area contributed by atoms with Gasteiger partial charge in [-0.05, 0) is 169 Å². The lowest BCUT2D eigenvalue weighted by Gasteiger charge is -2.31. The van der Waals surface area contributed by atoms with Crippen molar-refractivity contribution in [2.45, 2.75) is 158 Å². The Morgan fingerprint density at radius 1 is 0.621 bits per heavy atom. The molecule has 4 unspecified atom stereocenters. The highest BCUT2D eigenvalue weighted by Crippen LogP contribution is 2.36. The highest BCUT2D eigenvalue weighted by atomic mass is 35.5. The number of aliphatic hydroxyl groups is 1. The van der Waals surface area contributed by atoms with Crippen LogP contribution in [0.2, 0.25) is 0 Å². The molecule has 95 heavy (non-hydrogen) atoms. The van der Waals surface area contributed by atoms with E-state index in [4.69, 9.17) is 36.3 Å². The topological polar surface area (TPSA) is 268 Å². The van der Waals surface area contributed by atoms with E-state index in [1.165, 1.54) is 64.0 Å². The minimum absolute atomic E-state index is 0. The number of nitrogens with one attached hydrogen (secondary N) is 2. The fourth-order valence-corrected chi connectivity index (χ4v) is 13.9. The van der Waals surface area contributed by atoms with Crippen molar-refractivity contribution < 1.29 is 15.1 Å². The number of fused-ring (bicyclic) bond motifs is 7. The van der Waals surface area contributed by atoms with Gasteiger partial charge in [0, 0.05) is 153 Å². The van der Waals surface area contributed by atoms with Gasteiger partial charge in [0.15, 0.2) is 17.5 Å². The van der Waals surface area contributed by atoms with E-state index in [0.29, 0.717) is 54.2 Å². The van der Waals surface area contributed by atoms with Crippen LogP contribution in [0.1, 0.15) is 151 Å². The first-order valence-electron chi connectivity index (χ1n) is 33.2. The van der Waals surface area contributed by atoms with Gasteiger partial charge < -0.3 is 44.9 Å². The molecule has 9 aromatic rings. The molecule has 14 heterocycles. The number of pyridine rings is 2. The number of likely N-dealkylation sites (N-methyl/N-ethyl adjacent to an activating group) is 3. The first-order chi connectivity index (χ1) is 45.2. The molecule has 15 rings (SSSR count). The van der Waals surface area contributed by atoms with E-state index in [0.717, 1.165) is 111 Å². The van der Waals surface area contributed by atoms with Crippen LogP contribution in [0, 0.1) is 27.7 Å². The van der Waals surface area contributed by atoms with E-state index < -0.39 is 0 Å². The Hall–Kier alpha value is -8.14. The van der Waals surface area contributed by atoms with Crippen LogP contribution in [0.4, 0.5) is 23.1 Å². The molecule has 6 aliphatic rings. The lowest BCUT2D eigenvalue weighted by molar-refractivity contribution is 0.0963. The number of hydrogen-bond donors (Lipinski definition) is 6. The fourth-order valence-electron chi connectivity index (χ4n) is 13.9. The van der Waals surface area contributed by atoms with Crippen LogP contribution in [0.3, 0.4) is 0 Å². The molecular weight excluding hydrogens is 1220 g/mol. The predicted molar refractivity (Wildman–Crippen MR) is 377 cm³/mol. The third-order valence-corrected chi connectivity index (χ3v) is 19.5. The first kappa shape index (κ1) is 71.2. The standard InChI is InChI=1S/C32H38N8O2.C14H20N4.C13H18N4.C8H14N4.C2H6O.ClH.H3NO/c1-5-23-24(10-11-33-30(23)39-14-13-38-26-9-7-6-8-21(26)17-28(38)32(39)42)22-16-25(31(41)37(4)19-22)34-29-18-27-20(2)36(3)12-15-40(27)35-29;1-10-5-6-11(2)18(10)14-9-13-12(3)16(4)7-8-17(13)15-14;1-9-4-5-10(2)17(9)13-8-12-11(3)14-6-7-16(12)15-13;1-6-7-5-8(9)10-12(7)4-3-11(6)2;1-2-3;;1-2/h10-11,16-20H,5-9,12-15H2,1-4H3,(H,34,35);5-6,9,12H,7-8H2,1-4H3;4-5,8,11,14H,6-7H2,1-3H3;5-6H,3-4H2,1-2H3,(H2,9,10);3H,2H2,1H3;1H;2H,1H2. The fraction of sp³-hybridized carbons (Fsp3) is 0.493. The predicted octanol–water partition coefficient (Wildman–Crippen LogP) is 8.78. The lowest BCUT2D eigenvalue weighted by Crippen LogP contribution is -2.41. The van der Waals surface area contributed by atoms with Crippen LogP contribution < -0.4 is 32.7 Å². The molecular formula is C69H100ClN21O4. The maximum absolute atomic E-state index is 13.8. The summed E-state index contributed by atoms with van der Waals surface area (Å²) < 4.78 is 16.6. The van der Waals surface area contributed by atoms with Gasteiger partial charge in [-0.2, -0.15) is 20.4 Å². The molecule has 0 aromatic carbocycles. The molecule has 26 heteroatoms. The summed E-state index contributed by atoms with van der Waals surface area (Å²) >= 11 is 0. The highest BCUT2D eigenvalue weighted by Gasteiger charge is 2.33. The van der Waals surface area contributed by atoms with Crippen molar-refractivity contribution in [3.05, 3.63) is 158 Å². The zero-order valence-electron chi connectivity index (χ0n) is 58.0. The number of amides is 1. The van der Waals surface area contributed by atoms with Gasteiger partial charge in [-0.1, -0.05) is 6.92 Å². The average molecular weight is 1320 g/mol. The molecule has 9 aromatic heterocycles. The maximum atomic E-state index is 13.8. The van der Waals surface area contributed by atoms with Crippen LogP contribution in [-0.4, -0.2) is 154 Å². The number of nitrogens with two attached hydrogens (primary N) is 2. The number of anilines is 4. The van der Waals surface area contributed by atoms with Crippen molar-refractivity contribution in [2.75, 3.05) is 76.4 Å². The number of rotatable bonds is 7. The number of carbonyl (C=O) groups excluding carboxylic acids is 1. The summed E-state index contributed by atoms with van der Waals surface area (Å²) in [6.45, 7) is 30.4. The molecule has 8 N–H and O–H groups in total. The van der Waals surface area contributed by atoms with E-state index in [1.54, 1.807) is 24.7 Å². The Kier molecular flexibility index (Phi) is 23.0. The number of hydrogen-bond acceptors (Lipinski definition) is 16. The smallest absolute Gasteiger partial charge is 0.276 e. The van der Waals surface area contributed by atoms with Crippen LogP contribution in [0.15, 0.2) is 83.9 Å². The van der Waals surface area contributed by atoms with Gasteiger partial charge in [-0.3, -0.25) is 47.9 Å². The van der Waals surface area contributed by atoms with Crippen molar-refractivity contribution in [1.29, 1.82) is 0 Å². The zero-order chi connectivity index (χ0) is 67.4. The number of aromatic nitrogens is 13. The Morgan fingerprint density at radius 3 is 1.71 bits per heavy atom. The minimum atomic E-state index is -0.127. The minimum Gasteiger partial charge on any atom is -0.397 e. The van der Waals surface area contributed by atoms with E-state index in [1.807, 2.05) is 44.7 Å². The first-order valence-corrected chi connectivity index (χ1v) is 33.2. The molecule has 0 fully saturated rings. The largest absolute Gasteiger partial charge is 0.397 e. The van der Waals surface area contributed by atoms with Gasteiger partial charge >= 0.3 is 0 Å². The van der Waals surface area contributed by atoms with Gasteiger partial charge in [0.05, 0.1) is 49.0 Å². The Bertz CT molecular complexity index is 4120. The van der Waals surface area contributed by atoms with Crippen molar-refractivity contribution in [3.8, 4) is 22.8 Å². The van der Waals surface area contributed by atoms with Gasteiger partial charge in [0.25, 0.3) is 11.5 Å². The van der Waals surface area contributed by atoms with E-state index in [-0.39, 0.29) is 36.5 Å². The third kappa shape index (κ3) is 14.7. The second-order valence-electron chi connectivity index (χ2n) is 25.6. The van der Waals surface area contributed by atoms with E-state index >= 15 is 0 Å². The van der Waals surface area contributed by atoms with Crippen LogP contribution >= 0.6 is 12.4 Å². The van der Waals surface area contributed by atoms with E-state index in [9.17, 15) is 9.59 Å². The molecule has 512 valence electrons. The molecule has 0 bridgehead atoms. The number of nitrogens with zero attached hydrogens (tertiary/aromatic N) is 17. The Morgan fingerprint density at radius 2 is 1.14 bits per heavy atom. The normalized spacial score (nSPS) is 18.7. The Balaban J connectivity index is 0.000000165. The number of carbonyl (C=O) groups is 1. The maximum Gasteiger partial charge on any atom is 0.276 e. The van der Waals surface area contributed by atoms with Crippen LogP contribution in [0.5, 0.6) is 0 Å². The molecule has 0 radical (unpaired) electrons. The van der Waals surface area contributed by atoms with Crippen LogP contribution in [0.25, 0.3) is 22.8 Å². The summed E-state index contributed by atoms with van der Waals surface area (Å²) in [5, 5.41) is 39.2. The zero-order valence-corrected chi connectivity index (χ0v) is 58.8. The Labute approximate surface area is 564 Å². The van der Waals surface area contributed by atoms with Gasteiger partial charge in [-0.15, -0.1) is 12.4 Å². The molecule has 25 nitrogen and oxygen atoms in total. The average Bonchev–Trinajstić information content (AvgIpc) is 1.72. The van der Waals surface area contributed by atoms with Crippen molar-refractivity contribution in [2.24, 2.45) is 12.9 Å². The molecule has 0 saturated heterocycles. The lowest BCUT2D eigenvalue weighted by atomic mass is 9.98. The highest BCUT2D eigenvalue weighted by molar-refractivity contribution is 6.06. The van der Waals surface area contributed by atoms with Gasteiger partial charge in [0.2, 0.25) is 0 Å². The van der Waals surface area contributed by atoms with Gasteiger partial charge in [0.1, 0.15) is 23.0 Å². The summed E-state index contributed by atoms with van der Waals surface area (Å²) in [6, 6.07) is 24.5. The molecule has 4 atom stereocenters. The number of aliphatic hydroxyl groups excluding tert-OH is 1. The quantitative estimate of drug-likeness (QED) is 0.0814. The van der Waals surface area contributed by atoms with Crippen LogP contribution in [-0.2, 0) is 59.0 Å². The van der Waals surface area contributed by atoms with Crippen molar-refractivity contribution in [3.63, 3.8) is 0 Å². The summed E-state index contributed by atoms with van der Waals surface area (Å²) in [5.74, 6) is 7.60. The SMILES string of the molecule is CC1c2cc(N)nn2CCN1C.CCO.CCc1c(-c2cc(Nc3cc4n(n3)CCN(C)C4C)c(=O)n(C)c2)ccnc1N1CCn2c(cc3c2CCCC3)C1=O.Cc1ccc(C)n1-c1cc2n(n1)CCN(C)C2C.Cc1ccc(C)n1-c1cc2n(n1)CCNC2C.Cl.NO. The molecule has 1 amide bonds.